The number of hydrogen-bond acceptors (Lipinski definition) is 5. The summed E-state index contributed by atoms with van der Waals surface area (Å²) in [7, 11) is 0. The maximum Gasteiger partial charge on any atom is 0.207 e. The highest BCUT2D eigenvalue weighted by Gasteiger charge is 2.27. The first-order valence-electron chi connectivity index (χ1n) is 10.5. The fourth-order valence-electron chi connectivity index (χ4n) is 3.87. The third kappa shape index (κ3) is 4.33. The molecule has 0 amide bonds. The Bertz CT molecular complexity index is 921. The number of aromatic nitrogens is 5. The van der Waals surface area contributed by atoms with E-state index in [2.05, 4.69) is 60.0 Å². The quantitative estimate of drug-likeness (QED) is 0.450. The Labute approximate surface area is 172 Å². The second kappa shape index (κ2) is 9.20. The molecule has 1 N–H and O–H groups in total. The molecule has 7 nitrogen and oxygen atoms in total. The van der Waals surface area contributed by atoms with Crippen molar-refractivity contribution in [3.63, 3.8) is 0 Å². The van der Waals surface area contributed by atoms with Gasteiger partial charge in [-0.15, -0.1) is 10.2 Å². The first-order valence-corrected chi connectivity index (χ1v) is 10.5. The van der Waals surface area contributed by atoms with Gasteiger partial charge in [0.25, 0.3) is 0 Å². The van der Waals surface area contributed by atoms with Gasteiger partial charge in [0, 0.05) is 17.2 Å². The van der Waals surface area contributed by atoms with E-state index in [0.29, 0.717) is 5.82 Å². The Morgan fingerprint density at radius 2 is 1.90 bits per heavy atom. The molecule has 1 aliphatic carbocycles. The molecule has 0 spiro atoms. The molecule has 0 unspecified atom stereocenters. The van der Waals surface area contributed by atoms with E-state index in [1.165, 1.54) is 24.1 Å². The van der Waals surface area contributed by atoms with Crippen molar-refractivity contribution in [2.24, 2.45) is 15.9 Å². The summed E-state index contributed by atoms with van der Waals surface area (Å²) in [6.07, 6.45) is 7.54. The van der Waals surface area contributed by atoms with E-state index in [1.54, 1.807) is 0 Å². The lowest BCUT2D eigenvalue weighted by molar-refractivity contribution is 0.706. The molecule has 0 saturated heterocycles. The fraction of sp³-hybridized carbons (Fsp3) is 0.545. The van der Waals surface area contributed by atoms with Crippen LogP contribution in [0.1, 0.15) is 82.3 Å². The second-order valence-corrected chi connectivity index (χ2v) is 8.08. The molecule has 0 atom stereocenters. The third-order valence-corrected chi connectivity index (χ3v) is 5.31. The van der Waals surface area contributed by atoms with Crippen LogP contribution in [0.2, 0.25) is 0 Å². The van der Waals surface area contributed by atoms with Gasteiger partial charge in [-0.1, -0.05) is 40.2 Å². The molecule has 2 aromatic heterocycles. The number of nitrogens with one attached hydrogen (secondary N) is 1. The number of aryl methyl sites for hydroxylation is 1. The highest BCUT2D eigenvalue weighted by molar-refractivity contribution is 5.94. The number of allylic oxidation sites excluding steroid dienone is 1. The molecule has 0 radical (unpaired) electrons. The minimum absolute atomic E-state index is 0.182. The Balaban J connectivity index is 2.38. The summed E-state index contributed by atoms with van der Waals surface area (Å²) >= 11 is 0. The van der Waals surface area contributed by atoms with E-state index < -0.39 is 0 Å². The first kappa shape index (κ1) is 21.0. The fourth-order valence-corrected chi connectivity index (χ4v) is 3.87. The highest BCUT2D eigenvalue weighted by atomic mass is 15.5. The molecule has 0 aliphatic heterocycles. The number of H-pyrrole nitrogens is 1. The molecule has 3 rings (SSSR count). The van der Waals surface area contributed by atoms with Crippen LogP contribution in [0.5, 0.6) is 0 Å². The van der Waals surface area contributed by atoms with E-state index >= 15 is 0 Å². The van der Waals surface area contributed by atoms with Crippen LogP contribution >= 0.6 is 0 Å². The van der Waals surface area contributed by atoms with Gasteiger partial charge in [0.15, 0.2) is 0 Å². The van der Waals surface area contributed by atoms with Crippen molar-refractivity contribution in [3.8, 4) is 11.4 Å². The van der Waals surface area contributed by atoms with Gasteiger partial charge in [-0.3, -0.25) is 4.98 Å². The van der Waals surface area contributed by atoms with Gasteiger partial charge in [0.2, 0.25) is 5.82 Å². The lowest BCUT2D eigenvalue weighted by Crippen LogP contribution is -2.11. The van der Waals surface area contributed by atoms with E-state index in [-0.39, 0.29) is 11.8 Å². The van der Waals surface area contributed by atoms with Crippen molar-refractivity contribution in [1.29, 1.82) is 0 Å². The number of tetrazole rings is 1. The first-order chi connectivity index (χ1) is 14.0. The van der Waals surface area contributed by atoms with Crippen molar-refractivity contribution in [2.45, 2.75) is 72.6 Å². The van der Waals surface area contributed by atoms with Gasteiger partial charge in [-0.25, -0.2) is 9.98 Å². The second-order valence-electron chi connectivity index (χ2n) is 8.08. The Morgan fingerprint density at radius 1 is 1.14 bits per heavy atom. The number of nitrogens with zero attached hydrogens (tertiary/aromatic N) is 6. The number of aromatic amines is 1. The number of rotatable bonds is 5. The van der Waals surface area contributed by atoms with Crippen molar-refractivity contribution < 1.29 is 0 Å². The molecular weight excluding hydrogens is 362 g/mol. The summed E-state index contributed by atoms with van der Waals surface area (Å²) in [6.45, 7) is 14.2. The topological polar surface area (TPSA) is 92.1 Å². The molecule has 2 aromatic rings. The van der Waals surface area contributed by atoms with Crippen molar-refractivity contribution in [1.82, 2.24) is 25.6 Å². The van der Waals surface area contributed by atoms with Crippen LogP contribution in [0, 0.1) is 5.92 Å². The lowest BCUT2D eigenvalue weighted by atomic mass is 9.89. The average Bonchev–Trinajstić information content (AvgIpc) is 3.12. The summed E-state index contributed by atoms with van der Waals surface area (Å²) in [6, 6.07) is 0. The highest BCUT2D eigenvalue weighted by Crippen LogP contribution is 2.39. The molecule has 7 heteroatoms. The molecule has 0 fully saturated rings. The number of aliphatic imine (C=N–C) groups is 2. The van der Waals surface area contributed by atoms with Crippen molar-refractivity contribution in [2.75, 3.05) is 0 Å². The number of pyridine rings is 1. The van der Waals surface area contributed by atoms with Crippen LogP contribution < -0.4 is 0 Å². The molecular formula is C22H31N7. The monoisotopic (exact) mass is 393 g/mol. The minimum atomic E-state index is 0.182. The number of amidine groups is 1. The largest absolute Gasteiger partial charge is 0.257 e. The normalized spacial score (nSPS) is 15.6. The zero-order chi connectivity index (χ0) is 21.0. The SMILES string of the molecule is C=NC(=N/C(=C\C)c1c2c(nc(C(C)C)c1-c1nn[nH]n1)CCCCC2)C(C)C. The summed E-state index contributed by atoms with van der Waals surface area (Å²) in [5.41, 5.74) is 6.32. The van der Waals surface area contributed by atoms with Crippen LogP contribution in [-0.4, -0.2) is 38.2 Å². The molecule has 0 bridgehead atoms. The van der Waals surface area contributed by atoms with Crippen LogP contribution in [0.4, 0.5) is 0 Å². The molecule has 0 aromatic carbocycles. The van der Waals surface area contributed by atoms with Crippen LogP contribution in [-0.2, 0) is 12.8 Å². The summed E-state index contributed by atoms with van der Waals surface area (Å²) in [5, 5.41) is 15.0. The molecule has 1 aliphatic rings. The van der Waals surface area contributed by atoms with E-state index in [1.807, 2.05) is 13.0 Å². The van der Waals surface area contributed by atoms with Gasteiger partial charge in [0.05, 0.1) is 17.0 Å². The van der Waals surface area contributed by atoms with Gasteiger partial charge in [-0.05, 0) is 56.0 Å². The van der Waals surface area contributed by atoms with E-state index in [0.717, 1.165) is 47.6 Å². The summed E-state index contributed by atoms with van der Waals surface area (Å²) in [4.78, 5) is 14.2. The van der Waals surface area contributed by atoms with Crippen molar-refractivity contribution >= 4 is 18.3 Å². The van der Waals surface area contributed by atoms with Crippen LogP contribution in [0.3, 0.4) is 0 Å². The smallest absolute Gasteiger partial charge is 0.207 e. The van der Waals surface area contributed by atoms with Gasteiger partial charge >= 0.3 is 0 Å². The molecule has 2 heterocycles. The zero-order valence-electron chi connectivity index (χ0n) is 18.2. The Morgan fingerprint density at radius 3 is 2.48 bits per heavy atom. The van der Waals surface area contributed by atoms with Crippen LogP contribution in [0.25, 0.3) is 17.1 Å². The maximum absolute atomic E-state index is 5.11. The van der Waals surface area contributed by atoms with Gasteiger partial charge < -0.3 is 0 Å². The third-order valence-electron chi connectivity index (χ3n) is 5.31. The lowest BCUT2D eigenvalue weighted by Gasteiger charge is -2.21. The van der Waals surface area contributed by atoms with E-state index in [4.69, 9.17) is 9.98 Å². The predicted octanol–water partition coefficient (Wildman–Crippen LogP) is 4.77. The Hall–Kier alpha value is -2.70. The number of hydrogen-bond donors (Lipinski definition) is 1. The summed E-state index contributed by atoms with van der Waals surface area (Å²) in [5.74, 6) is 1.69. The predicted molar refractivity (Wildman–Crippen MR) is 118 cm³/mol. The van der Waals surface area contributed by atoms with E-state index in [9.17, 15) is 0 Å². The minimum Gasteiger partial charge on any atom is -0.257 e. The van der Waals surface area contributed by atoms with Gasteiger partial charge in [0.1, 0.15) is 5.84 Å². The Kier molecular flexibility index (Phi) is 6.67. The average molecular weight is 394 g/mol. The summed E-state index contributed by atoms with van der Waals surface area (Å²) < 4.78 is 0. The molecule has 0 saturated carbocycles. The molecule has 154 valence electrons. The van der Waals surface area contributed by atoms with Crippen LogP contribution in [0.15, 0.2) is 16.1 Å². The van der Waals surface area contributed by atoms with Gasteiger partial charge in [-0.2, -0.15) is 5.21 Å². The number of fused-ring (bicyclic) bond motifs is 1. The standard InChI is InChI=1S/C22H31N7/c1-7-16(25-21(23-6)14(4)5)18-15-11-9-8-10-12-17(15)24-20(13(2)3)19(18)22-26-28-29-27-22/h7,13-14H,6,8-12H2,1-5H3,(H,26,27,28,29)/b16-7-,25-21?. The zero-order valence-corrected chi connectivity index (χ0v) is 18.2. The maximum atomic E-state index is 5.11. The van der Waals surface area contributed by atoms with Crippen molar-refractivity contribution in [3.05, 3.63) is 28.6 Å². The molecule has 29 heavy (non-hydrogen) atoms.